The SMILES string of the molecule is CC(=O)NNCc1ccccc1. The fourth-order valence-electron chi connectivity index (χ4n) is 0.867. The summed E-state index contributed by atoms with van der Waals surface area (Å²) in [4.78, 5) is 10.5. The van der Waals surface area contributed by atoms with Crippen LogP contribution in [0.25, 0.3) is 0 Å². The standard InChI is InChI=1S/C9H12N2O/c1-8(12)11-10-7-9-5-3-2-4-6-9/h2-6,10H,7H2,1H3,(H,11,12). The van der Waals surface area contributed by atoms with Crippen molar-refractivity contribution in [2.75, 3.05) is 0 Å². The summed E-state index contributed by atoms with van der Waals surface area (Å²) in [5, 5.41) is 0. The second-order valence-electron chi connectivity index (χ2n) is 2.52. The minimum atomic E-state index is -0.0778. The summed E-state index contributed by atoms with van der Waals surface area (Å²) in [7, 11) is 0. The molecule has 3 heteroatoms. The van der Waals surface area contributed by atoms with E-state index in [1.807, 2.05) is 30.3 Å². The molecule has 0 aliphatic rings. The lowest BCUT2D eigenvalue weighted by Crippen LogP contribution is -2.34. The molecular formula is C9H12N2O. The maximum Gasteiger partial charge on any atom is 0.230 e. The van der Waals surface area contributed by atoms with Gasteiger partial charge in [-0.2, -0.15) is 0 Å². The van der Waals surface area contributed by atoms with Crippen LogP contribution < -0.4 is 10.9 Å². The normalized spacial score (nSPS) is 9.42. The number of amides is 1. The number of hydrogen-bond acceptors (Lipinski definition) is 2. The lowest BCUT2D eigenvalue weighted by atomic mass is 10.2. The molecule has 12 heavy (non-hydrogen) atoms. The van der Waals surface area contributed by atoms with Gasteiger partial charge in [0.15, 0.2) is 0 Å². The van der Waals surface area contributed by atoms with Gasteiger partial charge in [0.05, 0.1) is 0 Å². The zero-order valence-corrected chi connectivity index (χ0v) is 7.00. The molecule has 0 fully saturated rings. The number of nitrogens with one attached hydrogen (secondary N) is 2. The Kier molecular flexibility index (Phi) is 3.29. The third kappa shape index (κ3) is 3.16. The first-order chi connectivity index (χ1) is 5.79. The van der Waals surface area contributed by atoms with Crippen LogP contribution in [0, 0.1) is 0 Å². The maximum absolute atomic E-state index is 10.5. The molecule has 1 amide bonds. The van der Waals surface area contributed by atoms with Gasteiger partial charge < -0.3 is 0 Å². The Labute approximate surface area is 71.8 Å². The highest BCUT2D eigenvalue weighted by atomic mass is 16.2. The van der Waals surface area contributed by atoms with Crippen molar-refractivity contribution in [2.24, 2.45) is 0 Å². The summed E-state index contributed by atoms with van der Waals surface area (Å²) in [6.45, 7) is 2.12. The van der Waals surface area contributed by atoms with E-state index in [1.54, 1.807) is 0 Å². The molecule has 1 rings (SSSR count). The van der Waals surface area contributed by atoms with Gasteiger partial charge in [-0.05, 0) is 5.56 Å². The first-order valence-corrected chi connectivity index (χ1v) is 3.82. The summed E-state index contributed by atoms with van der Waals surface area (Å²) in [6, 6.07) is 9.88. The van der Waals surface area contributed by atoms with Gasteiger partial charge in [-0.3, -0.25) is 10.2 Å². The van der Waals surface area contributed by atoms with E-state index < -0.39 is 0 Å². The van der Waals surface area contributed by atoms with E-state index in [0.29, 0.717) is 6.54 Å². The van der Waals surface area contributed by atoms with Crippen molar-refractivity contribution in [1.82, 2.24) is 10.9 Å². The number of hydrazine groups is 1. The number of carbonyl (C=O) groups excluding carboxylic acids is 1. The smallest absolute Gasteiger partial charge is 0.230 e. The van der Waals surface area contributed by atoms with Crippen molar-refractivity contribution in [2.45, 2.75) is 13.5 Å². The predicted molar refractivity (Wildman–Crippen MR) is 47.1 cm³/mol. The van der Waals surface area contributed by atoms with Crippen molar-refractivity contribution in [3.8, 4) is 0 Å². The summed E-state index contributed by atoms with van der Waals surface area (Å²) in [5.74, 6) is -0.0778. The zero-order chi connectivity index (χ0) is 8.81. The largest absolute Gasteiger partial charge is 0.292 e. The Morgan fingerprint density at radius 2 is 2.00 bits per heavy atom. The van der Waals surface area contributed by atoms with Crippen LogP contribution in [-0.4, -0.2) is 5.91 Å². The lowest BCUT2D eigenvalue weighted by Gasteiger charge is -2.03. The molecule has 2 N–H and O–H groups in total. The van der Waals surface area contributed by atoms with Crippen molar-refractivity contribution < 1.29 is 4.79 Å². The van der Waals surface area contributed by atoms with E-state index in [-0.39, 0.29) is 5.91 Å². The van der Waals surface area contributed by atoms with Crippen LogP contribution in [0.4, 0.5) is 0 Å². The molecule has 3 nitrogen and oxygen atoms in total. The highest BCUT2D eigenvalue weighted by Gasteiger charge is 1.90. The van der Waals surface area contributed by atoms with Crippen LogP contribution in [0.5, 0.6) is 0 Å². The number of rotatable bonds is 3. The second kappa shape index (κ2) is 4.51. The summed E-state index contributed by atoms with van der Waals surface area (Å²) >= 11 is 0. The van der Waals surface area contributed by atoms with Crippen LogP contribution >= 0.6 is 0 Å². The third-order valence-electron chi connectivity index (χ3n) is 1.40. The highest BCUT2D eigenvalue weighted by molar-refractivity contribution is 5.72. The topological polar surface area (TPSA) is 41.1 Å². The Hall–Kier alpha value is -1.35. The van der Waals surface area contributed by atoms with Crippen molar-refractivity contribution in [3.05, 3.63) is 35.9 Å². The molecule has 0 bridgehead atoms. The highest BCUT2D eigenvalue weighted by Crippen LogP contribution is 1.95. The lowest BCUT2D eigenvalue weighted by molar-refractivity contribution is -0.119. The molecule has 0 saturated heterocycles. The monoisotopic (exact) mass is 164 g/mol. The summed E-state index contributed by atoms with van der Waals surface area (Å²) in [5.41, 5.74) is 6.45. The van der Waals surface area contributed by atoms with E-state index in [4.69, 9.17) is 0 Å². The van der Waals surface area contributed by atoms with Gasteiger partial charge in [0.1, 0.15) is 0 Å². The first-order valence-electron chi connectivity index (χ1n) is 3.82. The Balaban J connectivity index is 2.29. The van der Waals surface area contributed by atoms with Crippen molar-refractivity contribution in [1.29, 1.82) is 0 Å². The molecular weight excluding hydrogens is 152 g/mol. The van der Waals surface area contributed by atoms with Gasteiger partial charge in [-0.1, -0.05) is 30.3 Å². The fraction of sp³-hybridized carbons (Fsp3) is 0.222. The van der Waals surface area contributed by atoms with Crippen molar-refractivity contribution in [3.63, 3.8) is 0 Å². The van der Waals surface area contributed by atoms with Crippen molar-refractivity contribution >= 4 is 5.91 Å². The van der Waals surface area contributed by atoms with Crippen LogP contribution in [0.3, 0.4) is 0 Å². The molecule has 0 aromatic heterocycles. The van der Waals surface area contributed by atoms with Gasteiger partial charge in [-0.25, -0.2) is 5.43 Å². The third-order valence-corrected chi connectivity index (χ3v) is 1.40. The minimum Gasteiger partial charge on any atom is -0.292 e. The minimum absolute atomic E-state index is 0.0778. The first kappa shape index (κ1) is 8.74. The van der Waals surface area contributed by atoms with Gasteiger partial charge in [0.2, 0.25) is 5.91 Å². The van der Waals surface area contributed by atoms with E-state index in [9.17, 15) is 4.79 Å². The van der Waals surface area contributed by atoms with E-state index in [1.165, 1.54) is 6.92 Å². The molecule has 0 aliphatic carbocycles. The number of hydrogen-bond donors (Lipinski definition) is 2. The van der Waals surface area contributed by atoms with Gasteiger partial charge in [0, 0.05) is 13.5 Å². The average Bonchev–Trinajstić information content (AvgIpc) is 2.05. The maximum atomic E-state index is 10.5. The molecule has 1 aromatic rings. The fourth-order valence-corrected chi connectivity index (χ4v) is 0.867. The quantitative estimate of drug-likeness (QED) is 0.649. The molecule has 0 radical (unpaired) electrons. The molecule has 0 heterocycles. The van der Waals surface area contributed by atoms with Crippen LogP contribution in [-0.2, 0) is 11.3 Å². The average molecular weight is 164 g/mol. The predicted octanol–water partition coefficient (Wildman–Crippen LogP) is 0.827. The second-order valence-corrected chi connectivity index (χ2v) is 2.52. The van der Waals surface area contributed by atoms with Gasteiger partial charge >= 0.3 is 0 Å². The van der Waals surface area contributed by atoms with Crippen LogP contribution in [0.15, 0.2) is 30.3 Å². The summed E-state index contributed by atoms with van der Waals surface area (Å²) in [6.07, 6.45) is 0. The summed E-state index contributed by atoms with van der Waals surface area (Å²) < 4.78 is 0. The molecule has 0 unspecified atom stereocenters. The Bertz CT molecular complexity index is 246. The van der Waals surface area contributed by atoms with Crippen LogP contribution in [0.2, 0.25) is 0 Å². The van der Waals surface area contributed by atoms with Crippen LogP contribution in [0.1, 0.15) is 12.5 Å². The number of carbonyl (C=O) groups is 1. The molecule has 0 aliphatic heterocycles. The van der Waals surface area contributed by atoms with Gasteiger partial charge in [-0.15, -0.1) is 0 Å². The molecule has 0 saturated carbocycles. The Morgan fingerprint density at radius 3 is 2.58 bits per heavy atom. The van der Waals surface area contributed by atoms with E-state index in [2.05, 4.69) is 10.9 Å². The van der Waals surface area contributed by atoms with E-state index >= 15 is 0 Å². The van der Waals surface area contributed by atoms with E-state index in [0.717, 1.165) is 5.56 Å². The molecule has 1 aromatic carbocycles. The molecule has 0 spiro atoms. The Morgan fingerprint density at radius 1 is 1.33 bits per heavy atom. The number of benzene rings is 1. The molecule has 64 valence electrons. The van der Waals surface area contributed by atoms with Gasteiger partial charge in [0.25, 0.3) is 0 Å². The molecule has 0 atom stereocenters. The zero-order valence-electron chi connectivity index (χ0n) is 7.00.